The standard InChI is InChI=1S/C19H25N/c1-5-15-6-8-17(9-7-15)19(20-4)18-12-10-16(11-13-18)14(2)3/h6-14,19-20H,5H2,1-4H3. The Bertz CT molecular complexity index is 523. The van der Waals surface area contributed by atoms with Crippen LogP contribution in [0.25, 0.3) is 0 Å². The molecule has 0 aliphatic heterocycles. The van der Waals surface area contributed by atoms with Crippen LogP contribution in [-0.4, -0.2) is 7.05 Å². The number of rotatable bonds is 5. The summed E-state index contributed by atoms with van der Waals surface area (Å²) in [6.45, 7) is 6.65. The Balaban J connectivity index is 2.26. The minimum atomic E-state index is 0.266. The Hall–Kier alpha value is -1.60. The first kappa shape index (κ1) is 14.8. The lowest BCUT2D eigenvalue weighted by Gasteiger charge is -2.18. The van der Waals surface area contributed by atoms with Gasteiger partial charge in [-0.2, -0.15) is 0 Å². The zero-order chi connectivity index (χ0) is 14.5. The highest BCUT2D eigenvalue weighted by Gasteiger charge is 2.12. The molecule has 1 unspecified atom stereocenters. The largest absolute Gasteiger partial charge is 0.309 e. The molecule has 0 aromatic heterocycles. The van der Waals surface area contributed by atoms with Gasteiger partial charge in [-0.15, -0.1) is 0 Å². The molecule has 0 heterocycles. The maximum Gasteiger partial charge on any atom is 0.0574 e. The summed E-state index contributed by atoms with van der Waals surface area (Å²) < 4.78 is 0. The van der Waals surface area contributed by atoms with Gasteiger partial charge in [0, 0.05) is 0 Å². The van der Waals surface area contributed by atoms with Gasteiger partial charge in [0.15, 0.2) is 0 Å². The molecule has 1 heteroatoms. The third-order valence-electron chi connectivity index (χ3n) is 3.95. The number of aryl methyl sites for hydroxylation is 1. The molecule has 20 heavy (non-hydrogen) atoms. The van der Waals surface area contributed by atoms with Gasteiger partial charge in [0.2, 0.25) is 0 Å². The maximum atomic E-state index is 3.42. The Morgan fingerprint density at radius 1 is 0.800 bits per heavy atom. The Labute approximate surface area is 123 Å². The van der Waals surface area contributed by atoms with Crippen molar-refractivity contribution in [1.82, 2.24) is 5.32 Å². The molecule has 0 aliphatic carbocycles. The van der Waals surface area contributed by atoms with Crippen molar-refractivity contribution in [2.24, 2.45) is 0 Å². The van der Waals surface area contributed by atoms with Crippen molar-refractivity contribution >= 4 is 0 Å². The molecule has 0 amide bonds. The lowest BCUT2D eigenvalue weighted by Crippen LogP contribution is -2.17. The summed E-state index contributed by atoms with van der Waals surface area (Å²) in [5, 5.41) is 3.42. The first-order valence-electron chi connectivity index (χ1n) is 7.51. The van der Waals surface area contributed by atoms with Crippen LogP contribution in [0.5, 0.6) is 0 Å². The molecular weight excluding hydrogens is 242 g/mol. The van der Waals surface area contributed by atoms with Crippen molar-refractivity contribution in [3.8, 4) is 0 Å². The molecule has 0 saturated carbocycles. The van der Waals surface area contributed by atoms with E-state index in [0.29, 0.717) is 5.92 Å². The highest BCUT2D eigenvalue weighted by atomic mass is 14.9. The van der Waals surface area contributed by atoms with Crippen LogP contribution in [0.3, 0.4) is 0 Å². The molecule has 0 spiro atoms. The zero-order valence-corrected chi connectivity index (χ0v) is 13.0. The SMILES string of the molecule is CCc1ccc(C(NC)c2ccc(C(C)C)cc2)cc1. The van der Waals surface area contributed by atoms with Crippen molar-refractivity contribution in [3.05, 3.63) is 70.8 Å². The number of hydrogen-bond donors (Lipinski definition) is 1. The number of nitrogens with one attached hydrogen (secondary N) is 1. The normalized spacial score (nSPS) is 12.7. The predicted molar refractivity (Wildman–Crippen MR) is 87.3 cm³/mol. The van der Waals surface area contributed by atoms with E-state index in [9.17, 15) is 0 Å². The number of benzene rings is 2. The van der Waals surface area contributed by atoms with E-state index in [-0.39, 0.29) is 6.04 Å². The molecule has 1 atom stereocenters. The zero-order valence-electron chi connectivity index (χ0n) is 13.0. The minimum Gasteiger partial charge on any atom is -0.309 e. The van der Waals surface area contributed by atoms with Gasteiger partial charge in [0.25, 0.3) is 0 Å². The van der Waals surface area contributed by atoms with E-state index < -0.39 is 0 Å². The van der Waals surface area contributed by atoms with E-state index in [2.05, 4.69) is 74.6 Å². The fourth-order valence-electron chi connectivity index (χ4n) is 2.54. The van der Waals surface area contributed by atoms with E-state index in [1.54, 1.807) is 0 Å². The average Bonchev–Trinajstić information content (AvgIpc) is 2.49. The van der Waals surface area contributed by atoms with E-state index in [0.717, 1.165) is 6.42 Å². The lowest BCUT2D eigenvalue weighted by atomic mass is 9.94. The van der Waals surface area contributed by atoms with Crippen LogP contribution in [0.15, 0.2) is 48.5 Å². The molecule has 0 bridgehead atoms. The van der Waals surface area contributed by atoms with E-state index in [1.165, 1.54) is 22.3 Å². The molecule has 0 aliphatic rings. The van der Waals surface area contributed by atoms with Crippen molar-refractivity contribution < 1.29 is 0 Å². The fourth-order valence-corrected chi connectivity index (χ4v) is 2.54. The average molecular weight is 267 g/mol. The Morgan fingerprint density at radius 2 is 1.25 bits per heavy atom. The van der Waals surface area contributed by atoms with Gasteiger partial charge in [-0.1, -0.05) is 69.3 Å². The van der Waals surface area contributed by atoms with E-state index in [4.69, 9.17) is 0 Å². The monoisotopic (exact) mass is 267 g/mol. The van der Waals surface area contributed by atoms with Gasteiger partial charge in [0.1, 0.15) is 0 Å². The summed E-state index contributed by atoms with van der Waals surface area (Å²) in [4.78, 5) is 0. The second-order valence-electron chi connectivity index (χ2n) is 5.64. The highest BCUT2D eigenvalue weighted by Crippen LogP contribution is 2.24. The second-order valence-corrected chi connectivity index (χ2v) is 5.64. The van der Waals surface area contributed by atoms with Crippen LogP contribution < -0.4 is 5.32 Å². The van der Waals surface area contributed by atoms with Gasteiger partial charge in [-0.25, -0.2) is 0 Å². The topological polar surface area (TPSA) is 12.0 Å². The van der Waals surface area contributed by atoms with Crippen molar-refractivity contribution in [1.29, 1.82) is 0 Å². The molecule has 0 saturated heterocycles. The third kappa shape index (κ3) is 3.29. The molecule has 0 radical (unpaired) electrons. The lowest BCUT2D eigenvalue weighted by molar-refractivity contribution is 0.690. The van der Waals surface area contributed by atoms with Gasteiger partial charge >= 0.3 is 0 Å². The Morgan fingerprint density at radius 3 is 1.65 bits per heavy atom. The summed E-state index contributed by atoms with van der Waals surface area (Å²) >= 11 is 0. The molecule has 0 fully saturated rings. The van der Waals surface area contributed by atoms with Crippen LogP contribution >= 0.6 is 0 Å². The van der Waals surface area contributed by atoms with Crippen molar-refractivity contribution in [3.63, 3.8) is 0 Å². The van der Waals surface area contributed by atoms with E-state index in [1.807, 2.05) is 7.05 Å². The molecular formula is C19H25N. The van der Waals surface area contributed by atoms with Crippen molar-refractivity contribution in [2.45, 2.75) is 39.2 Å². The van der Waals surface area contributed by atoms with Gasteiger partial charge in [0.05, 0.1) is 6.04 Å². The maximum absolute atomic E-state index is 3.42. The van der Waals surface area contributed by atoms with Gasteiger partial charge in [-0.05, 0) is 41.6 Å². The third-order valence-corrected chi connectivity index (χ3v) is 3.95. The van der Waals surface area contributed by atoms with Crippen molar-refractivity contribution in [2.75, 3.05) is 7.05 Å². The molecule has 2 aromatic rings. The number of hydrogen-bond acceptors (Lipinski definition) is 1. The molecule has 1 nitrogen and oxygen atoms in total. The second kappa shape index (κ2) is 6.71. The van der Waals surface area contributed by atoms with E-state index >= 15 is 0 Å². The Kier molecular flexibility index (Phi) is 4.97. The predicted octanol–water partition coefficient (Wildman–Crippen LogP) is 4.68. The summed E-state index contributed by atoms with van der Waals surface area (Å²) in [5.41, 5.74) is 5.42. The van der Waals surface area contributed by atoms with Crippen LogP contribution in [0.4, 0.5) is 0 Å². The molecule has 106 valence electrons. The smallest absolute Gasteiger partial charge is 0.0574 e. The van der Waals surface area contributed by atoms with Crippen LogP contribution in [0.2, 0.25) is 0 Å². The summed E-state index contributed by atoms with van der Waals surface area (Å²) in [6.07, 6.45) is 1.09. The first-order chi connectivity index (χ1) is 9.65. The minimum absolute atomic E-state index is 0.266. The first-order valence-corrected chi connectivity index (χ1v) is 7.51. The summed E-state index contributed by atoms with van der Waals surface area (Å²) in [7, 11) is 2.02. The van der Waals surface area contributed by atoms with Crippen LogP contribution in [0.1, 0.15) is 55.0 Å². The molecule has 1 N–H and O–H groups in total. The quantitative estimate of drug-likeness (QED) is 0.829. The molecule has 2 rings (SSSR count). The summed E-state index contributed by atoms with van der Waals surface area (Å²) in [6, 6.07) is 18.1. The molecule has 2 aromatic carbocycles. The van der Waals surface area contributed by atoms with Crippen LogP contribution in [-0.2, 0) is 6.42 Å². The summed E-state index contributed by atoms with van der Waals surface area (Å²) in [5.74, 6) is 0.584. The van der Waals surface area contributed by atoms with Gasteiger partial charge in [-0.3, -0.25) is 0 Å². The van der Waals surface area contributed by atoms with Gasteiger partial charge < -0.3 is 5.32 Å². The fraction of sp³-hybridized carbons (Fsp3) is 0.368. The van der Waals surface area contributed by atoms with Crippen LogP contribution in [0, 0.1) is 0 Å². The highest BCUT2D eigenvalue weighted by molar-refractivity contribution is 5.35.